The fraction of sp³-hybridized carbons (Fsp3) is 0.0208. The summed E-state index contributed by atoms with van der Waals surface area (Å²) >= 11 is 0. The van der Waals surface area contributed by atoms with Gasteiger partial charge in [-0.3, -0.25) is 4.98 Å². The van der Waals surface area contributed by atoms with Crippen LogP contribution < -0.4 is 0 Å². The molecule has 4 heteroatoms. The van der Waals surface area contributed by atoms with Crippen LogP contribution in [0.5, 0.6) is 0 Å². The van der Waals surface area contributed by atoms with Gasteiger partial charge in [0.1, 0.15) is 11.2 Å². The molecule has 0 saturated carbocycles. The summed E-state index contributed by atoms with van der Waals surface area (Å²) in [6.45, 7) is 0. The first-order chi connectivity index (χ1) is 25.8. The Kier molecular flexibility index (Phi) is 6.13. The summed E-state index contributed by atoms with van der Waals surface area (Å²) in [5, 5.41) is 2.29. The van der Waals surface area contributed by atoms with Crippen molar-refractivity contribution in [3.8, 4) is 45.0 Å². The Labute approximate surface area is 300 Å². The molecule has 3 heterocycles. The van der Waals surface area contributed by atoms with Crippen molar-refractivity contribution in [2.75, 3.05) is 0 Å². The van der Waals surface area contributed by atoms with Gasteiger partial charge in [-0.05, 0) is 80.9 Å². The first-order valence-electron chi connectivity index (χ1n) is 17.6. The molecule has 3 aromatic heterocycles. The molecular weight excluding hydrogens is 635 g/mol. The second-order valence-corrected chi connectivity index (χ2v) is 13.5. The number of nitrogens with zero attached hydrogens (tertiary/aromatic N) is 3. The molecule has 9 aromatic rings. The highest BCUT2D eigenvalue weighted by atomic mass is 16.3. The number of aromatic nitrogens is 3. The maximum atomic E-state index is 6.47. The highest BCUT2D eigenvalue weighted by Crippen LogP contribution is 2.60. The molecule has 242 valence electrons. The highest BCUT2D eigenvalue weighted by molar-refractivity contribution is 6.15. The van der Waals surface area contributed by atoms with Gasteiger partial charge in [-0.2, -0.15) is 0 Å². The molecule has 0 amide bonds. The summed E-state index contributed by atoms with van der Waals surface area (Å²) in [7, 11) is 0. The summed E-state index contributed by atoms with van der Waals surface area (Å²) in [6.07, 6.45) is 8.20. The third-order valence-corrected chi connectivity index (χ3v) is 10.8. The van der Waals surface area contributed by atoms with E-state index in [1.54, 1.807) is 6.20 Å². The maximum absolute atomic E-state index is 6.47. The van der Waals surface area contributed by atoms with Crippen molar-refractivity contribution in [1.82, 2.24) is 15.0 Å². The number of para-hydroxylation sites is 1. The SMILES string of the molecule is C1=Cc2ccc(-c3cc(-c4cccnc4)nc(-c4ccccc4)n3)cc2C2(c3ccccc31)c1ccccc1-c1c2ccc2oc3ccccc3c12. The van der Waals surface area contributed by atoms with E-state index in [1.807, 2.05) is 42.6 Å². The second kappa shape index (κ2) is 11.0. The van der Waals surface area contributed by atoms with Crippen molar-refractivity contribution >= 4 is 34.1 Å². The highest BCUT2D eigenvalue weighted by Gasteiger charge is 2.49. The Morgan fingerprint density at radius 2 is 1.21 bits per heavy atom. The predicted octanol–water partition coefficient (Wildman–Crippen LogP) is 11.6. The minimum Gasteiger partial charge on any atom is -0.456 e. The molecule has 0 saturated heterocycles. The van der Waals surface area contributed by atoms with Gasteiger partial charge in [0, 0.05) is 39.9 Å². The monoisotopic (exact) mass is 663 g/mol. The topological polar surface area (TPSA) is 51.8 Å². The molecule has 1 spiro atoms. The molecule has 11 rings (SSSR count). The number of benzene rings is 6. The molecule has 1 atom stereocenters. The second-order valence-electron chi connectivity index (χ2n) is 13.5. The average molecular weight is 664 g/mol. The van der Waals surface area contributed by atoms with Crippen molar-refractivity contribution < 1.29 is 4.42 Å². The molecule has 0 N–H and O–H groups in total. The molecule has 2 aliphatic carbocycles. The molecule has 2 aliphatic rings. The van der Waals surface area contributed by atoms with E-state index in [0.717, 1.165) is 50.0 Å². The van der Waals surface area contributed by atoms with Crippen molar-refractivity contribution in [2.24, 2.45) is 0 Å². The Bertz CT molecular complexity index is 2850. The smallest absolute Gasteiger partial charge is 0.160 e. The van der Waals surface area contributed by atoms with Gasteiger partial charge in [0.2, 0.25) is 0 Å². The fourth-order valence-corrected chi connectivity index (χ4v) is 8.63. The lowest BCUT2D eigenvalue weighted by Crippen LogP contribution is -2.30. The quantitative estimate of drug-likeness (QED) is 0.189. The van der Waals surface area contributed by atoms with Gasteiger partial charge >= 0.3 is 0 Å². The zero-order valence-electron chi connectivity index (χ0n) is 28.0. The third kappa shape index (κ3) is 4.06. The fourth-order valence-electron chi connectivity index (χ4n) is 8.63. The first kappa shape index (κ1) is 28.9. The van der Waals surface area contributed by atoms with Gasteiger partial charge in [0.05, 0.1) is 16.8 Å². The van der Waals surface area contributed by atoms with Crippen LogP contribution in [0.1, 0.15) is 33.4 Å². The molecule has 0 fully saturated rings. The van der Waals surface area contributed by atoms with Gasteiger partial charge in [0.15, 0.2) is 5.82 Å². The lowest BCUT2D eigenvalue weighted by atomic mass is 9.65. The van der Waals surface area contributed by atoms with Crippen LogP contribution in [-0.2, 0) is 5.41 Å². The lowest BCUT2D eigenvalue weighted by Gasteiger charge is -2.35. The summed E-state index contributed by atoms with van der Waals surface area (Å²) in [5.41, 5.74) is 15.6. The zero-order chi connectivity index (χ0) is 34.2. The van der Waals surface area contributed by atoms with Crippen molar-refractivity contribution in [2.45, 2.75) is 5.41 Å². The van der Waals surface area contributed by atoms with Crippen LogP contribution in [0.2, 0.25) is 0 Å². The standard InChI is InChI=1S/C48H29N3O/c1-2-12-32(13-3-1)47-50-41(28-42(51-47)34-14-10-26-49-29-34)33-23-22-31-21-20-30-11-4-7-17-37(30)48(40(31)27-33)38-18-8-5-15-35(38)45-39(48)24-25-44-46(45)36-16-6-9-19-43(36)52-44/h1-29H. The summed E-state index contributed by atoms with van der Waals surface area (Å²) in [6, 6.07) is 53.8. The third-order valence-electron chi connectivity index (χ3n) is 10.8. The number of rotatable bonds is 3. The molecule has 6 aromatic carbocycles. The molecule has 0 aliphatic heterocycles. The van der Waals surface area contributed by atoms with Crippen LogP contribution >= 0.6 is 0 Å². The van der Waals surface area contributed by atoms with Crippen LogP contribution in [0.4, 0.5) is 0 Å². The number of fused-ring (bicyclic) bond motifs is 13. The number of furan rings is 1. The van der Waals surface area contributed by atoms with E-state index in [0.29, 0.717) is 5.82 Å². The van der Waals surface area contributed by atoms with Gasteiger partial charge < -0.3 is 4.42 Å². The van der Waals surface area contributed by atoms with Crippen LogP contribution in [0, 0.1) is 0 Å². The first-order valence-corrected chi connectivity index (χ1v) is 17.6. The van der Waals surface area contributed by atoms with Crippen LogP contribution in [0.15, 0.2) is 168 Å². The molecule has 4 nitrogen and oxygen atoms in total. The predicted molar refractivity (Wildman–Crippen MR) is 210 cm³/mol. The van der Waals surface area contributed by atoms with Gasteiger partial charge in [-0.1, -0.05) is 127 Å². The van der Waals surface area contributed by atoms with E-state index < -0.39 is 5.41 Å². The Morgan fingerprint density at radius 1 is 0.481 bits per heavy atom. The Morgan fingerprint density at radius 3 is 2.08 bits per heavy atom. The summed E-state index contributed by atoms with van der Waals surface area (Å²) < 4.78 is 6.47. The summed E-state index contributed by atoms with van der Waals surface area (Å²) in [4.78, 5) is 14.7. The van der Waals surface area contributed by atoms with E-state index >= 15 is 0 Å². The van der Waals surface area contributed by atoms with Crippen molar-refractivity contribution in [3.05, 3.63) is 197 Å². The van der Waals surface area contributed by atoms with Gasteiger partial charge in [-0.25, -0.2) is 9.97 Å². The number of pyridine rings is 1. The minimum absolute atomic E-state index is 0.606. The van der Waals surface area contributed by atoms with E-state index in [-0.39, 0.29) is 0 Å². The lowest BCUT2D eigenvalue weighted by molar-refractivity contribution is 0.668. The number of hydrogen-bond donors (Lipinski definition) is 0. The Hall–Kier alpha value is -6.91. The van der Waals surface area contributed by atoms with Crippen LogP contribution in [0.3, 0.4) is 0 Å². The molecule has 1 unspecified atom stereocenters. The molecule has 52 heavy (non-hydrogen) atoms. The summed E-state index contributed by atoms with van der Waals surface area (Å²) in [5.74, 6) is 0.678. The van der Waals surface area contributed by atoms with Crippen LogP contribution in [-0.4, -0.2) is 15.0 Å². The van der Waals surface area contributed by atoms with Crippen molar-refractivity contribution in [3.63, 3.8) is 0 Å². The molecular formula is C48H29N3O. The normalized spacial score (nSPS) is 15.3. The van der Waals surface area contributed by atoms with E-state index in [1.165, 1.54) is 44.5 Å². The van der Waals surface area contributed by atoms with Crippen molar-refractivity contribution in [1.29, 1.82) is 0 Å². The van der Waals surface area contributed by atoms with E-state index in [4.69, 9.17) is 14.4 Å². The van der Waals surface area contributed by atoms with E-state index in [9.17, 15) is 0 Å². The van der Waals surface area contributed by atoms with Crippen LogP contribution in [0.25, 0.3) is 79.1 Å². The van der Waals surface area contributed by atoms with Gasteiger partial charge in [0.25, 0.3) is 0 Å². The number of hydrogen-bond acceptors (Lipinski definition) is 4. The minimum atomic E-state index is -0.606. The Balaban J connectivity index is 1.24. The molecule has 0 radical (unpaired) electrons. The largest absolute Gasteiger partial charge is 0.456 e. The molecule has 0 bridgehead atoms. The van der Waals surface area contributed by atoms with E-state index in [2.05, 4.69) is 132 Å². The maximum Gasteiger partial charge on any atom is 0.160 e. The average Bonchev–Trinajstić information content (AvgIpc) is 3.69. The van der Waals surface area contributed by atoms with Gasteiger partial charge in [-0.15, -0.1) is 0 Å². The zero-order valence-corrected chi connectivity index (χ0v) is 28.0.